The van der Waals surface area contributed by atoms with Crippen molar-refractivity contribution in [2.45, 2.75) is 13.8 Å². The van der Waals surface area contributed by atoms with E-state index in [0.29, 0.717) is 0 Å². The molecule has 0 saturated heterocycles. The molecule has 0 aliphatic rings. The third-order valence-electron chi connectivity index (χ3n) is 11.9. The molecule has 0 atom stereocenters. The van der Waals surface area contributed by atoms with E-state index >= 15 is 0 Å². The molecule has 1 heterocycles. The second-order valence-electron chi connectivity index (χ2n) is 16.0. The van der Waals surface area contributed by atoms with Crippen LogP contribution in [-0.2, 0) is 0 Å². The van der Waals surface area contributed by atoms with Gasteiger partial charge in [-0.2, -0.15) is 0 Å². The van der Waals surface area contributed by atoms with Gasteiger partial charge in [-0.05, 0) is 134 Å². The van der Waals surface area contributed by atoms with Crippen molar-refractivity contribution in [1.82, 2.24) is 18.3 Å². The van der Waals surface area contributed by atoms with E-state index in [-0.39, 0.29) is 0 Å². The lowest BCUT2D eigenvalue weighted by atomic mass is 10.1. The topological polar surface area (TPSA) is 19.7 Å². The standard InChI is InChI=1S/C58H44N4/c1-41-35-47-39-48(36-41)60(44-21-9-4-10-22-44)56-32-34-58(54-30-18-16-28-52(54)56)62(46-25-13-6-14-26-46)50-38-42(2)37-49(40-50)61(45-23-11-5-12-24-45)57-33-31-55(51-27-15-17-29-53(51)57)59(47)43-19-7-3-8-20-43/h3-40H,1-2H3. The van der Waals surface area contributed by atoms with E-state index in [1.165, 1.54) is 0 Å². The largest absolute Gasteiger partial charge is 0.310 e. The molecule has 0 aliphatic carbocycles. The Bertz CT molecular complexity index is 3150. The number of hydrogen-bond acceptors (Lipinski definition) is 0. The van der Waals surface area contributed by atoms with Crippen LogP contribution in [0.15, 0.2) is 231 Å². The molecule has 10 aromatic carbocycles. The van der Waals surface area contributed by atoms with Crippen LogP contribution in [0, 0.1) is 13.8 Å². The Labute approximate surface area is 360 Å². The highest BCUT2D eigenvalue weighted by molar-refractivity contribution is 6.08. The molecule has 4 heteroatoms. The van der Waals surface area contributed by atoms with Crippen molar-refractivity contribution < 1.29 is 0 Å². The molecule has 0 spiro atoms. The minimum Gasteiger partial charge on any atom is -0.310 e. The van der Waals surface area contributed by atoms with Crippen molar-refractivity contribution in [2.75, 3.05) is 0 Å². The number of hydrogen-bond donors (Lipinski definition) is 0. The van der Waals surface area contributed by atoms with E-state index in [0.717, 1.165) is 99.6 Å². The van der Waals surface area contributed by atoms with Gasteiger partial charge in [0.2, 0.25) is 0 Å². The van der Waals surface area contributed by atoms with E-state index in [9.17, 15) is 0 Å². The molecule has 0 saturated carbocycles. The third kappa shape index (κ3) is 6.50. The molecule has 4 nitrogen and oxygen atoms in total. The highest BCUT2D eigenvalue weighted by Crippen LogP contribution is 2.34. The number of aryl methyl sites for hydroxylation is 2. The molecule has 0 aliphatic heterocycles. The molecule has 1 aromatic heterocycles. The van der Waals surface area contributed by atoms with Crippen LogP contribution in [0.4, 0.5) is 0 Å². The molecule has 62 heavy (non-hydrogen) atoms. The fraction of sp³-hybridized carbons (Fsp3) is 0.0345. The van der Waals surface area contributed by atoms with Gasteiger partial charge >= 0.3 is 0 Å². The van der Waals surface area contributed by atoms with E-state index < -0.39 is 0 Å². The quantitative estimate of drug-likeness (QED) is 0.169. The van der Waals surface area contributed by atoms with Gasteiger partial charge in [0.1, 0.15) is 0 Å². The van der Waals surface area contributed by atoms with Gasteiger partial charge in [0.25, 0.3) is 0 Å². The molecular formula is C58H44N4. The summed E-state index contributed by atoms with van der Waals surface area (Å²) < 4.78 is 9.69. The SMILES string of the molecule is Cc1cc2cc(c1)n(-c1ccccc1)c1ccc(c3ccccc31)n(-c1ccccc1)c1cc(C)cc(c1)n(-c1ccccc1)c1ccc(c3ccccc31)n2-c1ccccc1. The number of nitrogens with zero attached hydrogens (tertiary/aromatic N) is 4. The second kappa shape index (κ2) is 15.5. The first-order valence-electron chi connectivity index (χ1n) is 21.3. The predicted octanol–water partition coefficient (Wildman–Crippen LogP) is 15.2. The first kappa shape index (κ1) is 37.0. The van der Waals surface area contributed by atoms with Crippen molar-refractivity contribution in [1.29, 1.82) is 0 Å². The number of rotatable bonds is 4. The van der Waals surface area contributed by atoms with Gasteiger partial charge in [0, 0.05) is 66.4 Å². The molecule has 0 radical (unpaired) electrons. The van der Waals surface area contributed by atoms with Crippen LogP contribution in [0.25, 0.3) is 88.4 Å². The van der Waals surface area contributed by atoms with Crippen LogP contribution in [0.5, 0.6) is 0 Å². The van der Waals surface area contributed by atoms with E-state index in [1.54, 1.807) is 0 Å². The minimum absolute atomic E-state index is 1.07. The van der Waals surface area contributed by atoms with Crippen molar-refractivity contribution >= 4 is 65.7 Å². The summed E-state index contributed by atoms with van der Waals surface area (Å²) in [6, 6.07) is 83.9. The van der Waals surface area contributed by atoms with Crippen LogP contribution in [0.1, 0.15) is 11.1 Å². The van der Waals surface area contributed by atoms with E-state index in [2.05, 4.69) is 263 Å². The van der Waals surface area contributed by atoms with Crippen LogP contribution in [0.2, 0.25) is 0 Å². The minimum atomic E-state index is 1.07. The van der Waals surface area contributed by atoms with Crippen molar-refractivity contribution in [3.63, 3.8) is 0 Å². The molecule has 0 fully saturated rings. The second-order valence-corrected chi connectivity index (χ2v) is 16.0. The molecule has 0 N–H and O–H groups in total. The normalized spacial score (nSPS) is 11.4. The lowest BCUT2D eigenvalue weighted by molar-refractivity contribution is 1.13. The summed E-state index contributed by atoms with van der Waals surface area (Å²) in [6.07, 6.45) is 0. The molecule has 8 bridgehead atoms. The van der Waals surface area contributed by atoms with Crippen LogP contribution < -0.4 is 0 Å². The Morgan fingerprint density at radius 1 is 0.226 bits per heavy atom. The Balaban J connectivity index is 1.49. The first-order chi connectivity index (χ1) is 30.6. The molecule has 11 aromatic rings. The van der Waals surface area contributed by atoms with E-state index in [4.69, 9.17) is 0 Å². The summed E-state index contributed by atoms with van der Waals surface area (Å²) in [4.78, 5) is 0. The zero-order valence-corrected chi connectivity index (χ0v) is 34.7. The molecule has 0 amide bonds. The van der Waals surface area contributed by atoms with Crippen LogP contribution >= 0.6 is 0 Å². The van der Waals surface area contributed by atoms with Gasteiger partial charge in [0.15, 0.2) is 0 Å². The van der Waals surface area contributed by atoms with Crippen LogP contribution in [0.3, 0.4) is 0 Å². The first-order valence-corrected chi connectivity index (χ1v) is 21.3. The van der Waals surface area contributed by atoms with Gasteiger partial charge in [-0.1, -0.05) is 121 Å². The summed E-state index contributed by atoms with van der Waals surface area (Å²) in [5.41, 5.74) is 15.4. The fourth-order valence-corrected chi connectivity index (χ4v) is 9.33. The Hall–Kier alpha value is -8.08. The Morgan fingerprint density at radius 2 is 0.435 bits per heavy atom. The average molecular weight is 797 g/mol. The van der Waals surface area contributed by atoms with Crippen molar-refractivity contribution in [3.05, 3.63) is 242 Å². The summed E-state index contributed by atoms with van der Waals surface area (Å²) in [7, 11) is 0. The predicted molar refractivity (Wildman–Crippen MR) is 262 cm³/mol. The lowest BCUT2D eigenvalue weighted by Gasteiger charge is -2.19. The average Bonchev–Trinajstić information content (AvgIpc) is 3.31. The van der Waals surface area contributed by atoms with E-state index in [1.807, 2.05) is 0 Å². The van der Waals surface area contributed by atoms with Gasteiger partial charge in [-0.3, -0.25) is 0 Å². The maximum absolute atomic E-state index is 2.42. The number of benzene rings is 10. The lowest BCUT2D eigenvalue weighted by Crippen LogP contribution is -2.03. The smallest absolute Gasteiger partial charge is 0.0541 e. The highest BCUT2D eigenvalue weighted by atomic mass is 15.0. The Kier molecular flexibility index (Phi) is 9.24. The van der Waals surface area contributed by atoms with Gasteiger partial charge in [-0.25, -0.2) is 0 Å². The number of fused-ring (bicyclic) bond motifs is 16. The highest BCUT2D eigenvalue weighted by Gasteiger charge is 2.14. The molecule has 11 rings (SSSR count). The zero-order chi connectivity index (χ0) is 41.6. The number of para-hydroxylation sites is 4. The molecule has 296 valence electrons. The molecular weight excluding hydrogens is 753 g/mol. The van der Waals surface area contributed by atoms with Gasteiger partial charge in [0.05, 0.1) is 22.1 Å². The van der Waals surface area contributed by atoms with Gasteiger partial charge < -0.3 is 18.3 Å². The third-order valence-corrected chi connectivity index (χ3v) is 11.9. The monoisotopic (exact) mass is 796 g/mol. The van der Waals surface area contributed by atoms with Crippen molar-refractivity contribution in [3.8, 4) is 22.7 Å². The maximum Gasteiger partial charge on any atom is 0.0541 e. The fourth-order valence-electron chi connectivity index (χ4n) is 9.33. The van der Waals surface area contributed by atoms with Crippen molar-refractivity contribution in [2.24, 2.45) is 0 Å². The van der Waals surface area contributed by atoms with Gasteiger partial charge in [-0.15, -0.1) is 0 Å². The summed E-state index contributed by atoms with van der Waals surface area (Å²) in [5.74, 6) is 0. The zero-order valence-electron chi connectivity index (χ0n) is 34.7. The molecule has 0 unspecified atom stereocenters. The maximum atomic E-state index is 2.42. The summed E-state index contributed by atoms with van der Waals surface area (Å²) >= 11 is 0. The number of aromatic nitrogens is 4. The Morgan fingerprint density at radius 3 is 0.661 bits per heavy atom. The summed E-state index contributed by atoms with van der Waals surface area (Å²) in [6.45, 7) is 4.41. The summed E-state index contributed by atoms with van der Waals surface area (Å²) in [5, 5.41) is 4.61. The van der Waals surface area contributed by atoms with Crippen LogP contribution in [-0.4, -0.2) is 18.3 Å².